The summed E-state index contributed by atoms with van der Waals surface area (Å²) in [6.07, 6.45) is 2.86. The summed E-state index contributed by atoms with van der Waals surface area (Å²) in [6.45, 7) is 0.548. The molecule has 0 heterocycles. The number of hydrogen-bond acceptors (Lipinski definition) is 3. The number of sulfone groups is 1. The number of benzene rings is 2. The third kappa shape index (κ3) is 5.75. The van der Waals surface area contributed by atoms with Crippen LogP contribution in [0.1, 0.15) is 12.0 Å². The number of amides is 2. The molecule has 2 aromatic carbocycles. The third-order valence-corrected chi connectivity index (χ3v) is 4.40. The maximum atomic E-state index is 11.8. The molecule has 0 aromatic heterocycles. The summed E-state index contributed by atoms with van der Waals surface area (Å²) >= 11 is 0. The van der Waals surface area contributed by atoms with Crippen LogP contribution in [0.15, 0.2) is 59.5 Å². The van der Waals surface area contributed by atoms with Crippen LogP contribution >= 0.6 is 0 Å². The first kappa shape index (κ1) is 17.0. The molecular formula is C17H20N2O3S. The van der Waals surface area contributed by atoms with E-state index in [2.05, 4.69) is 22.8 Å². The van der Waals surface area contributed by atoms with Gasteiger partial charge in [-0.3, -0.25) is 0 Å². The Hall–Kier alpha value is -2.34. The zero-order chi connectivity index (χ0) is 16.7. The highest BCUT2D eigenvalue weighted by molar-refractivity contribution is 7.90. The lowest BCUT2D eigenvalue weighted by Gasteiger charge is -2.08. The van der Waals surface area contributed by atoms with Crippen molar-refractivity contribution in [3.05, 3.63) is 60.2 Å². The number of urea groups is 1. The summed E-state index contributed by atoms with van der Waals surface area (Å²) in [6, 6.07) is 15.9. The second-order valence-electron chi connectivity index (χ2n) is 5.27. The SMILES string of the molecule is CS(=O)(=O)c1cccc(NC(=O)NCCCc2ccccc2)c1. The zero-order valence-corrected chi connectivity index (χ0v) is 13.8. The monoisotopic (exact) mass is 332 g/mol. The van der Waals surface area contributed by atoms with Crippen molar-refractivity contribution in [1.29, 1.82) is 0 Å². The van der Waals surface area contributed by atoms with Crippen molar-refractivity contribution in [2.24, 2.45) is 0 Å². The van der Waals surface area contributed by atoms with Gasteiger partial charge in [-0.25, -0.2) is 13.2 Å². The smallest absolute Gasteiger partial charge is 0.319 e. The van der Waals surface area contributed by atoms with E-state index in [1.165, 1.54) is 17.7 Å². The molecule has 0 saturated heterocycles. The van der Waals surface area contributed by atoms with E-state index in [9.17, 15) is 13.2 Å². The normalized spacial score (nSPS) is 11.0. The van der Waals surface area contributed by atoms with Crippen molar-refractivity contribution in [1.82, 2.24) is 5.32 Å². The minimum atomic E-state index is -3.28. The van der Waals surface area contributed by atoms with Crippen molar-refractivity contribution in [3.63, 3.8) is 0 Å². The van der Waals surface area contributed by atoms with Crippen LogP contribution < -0.4 is 10.6 Å². The van der Waals surface area contributed by atoms with Gasteiger partial charge in [0, 0.05) is 18.5 Å². The fraction of sp³-hybridized carbons (Fsp3) is 0.235. The molecule has 2 amide bonds. The van der Waals surface area contributed by atoms with E-state index in [1.54, 1.807) is 12.1 Å². The first-order valence-corrected chi connectivity index (χ1v) is 9.23. The molecule has 0 fully saturated rings. The number of hydrogen-bond donors (Lipinski definition) is 2. The first-order valence-electron chi connectivity index (χ1n) is 7.34. The van der Waals surface area contributed by atoms with Crippen LogP contribution in [0.5, 0.6) is 0 Å². The van der Waals surface area contributed by atoms with Crippen LogP contribution in [0.25, 0.3) is 0 Å². The fourth-order valence-corrected chi connectivity index (χ4v) is 2.79. The van der Waals surface area contributed by atoms with E-state index >= 15 is 0 Å². The van der Waals surface area contributed by atoms with Gasteiger partial charge in [0.05, 0.1) is 4.90 Å². The van der Waals surface area contributed by atoms with E-state index in [4.69, 9.17) is 0 Å². The van der Waals surface area contributed by atoms with Gasteiger partial charge in [-0.05, 0) is 36.6 Å². The number of rotatable bonds is 6. The molecule has 0 aliphatic rings. The quantitative estimate of drug-likeness (QED) is 0.799. The van der Waals surface area contributed by atoms with Crippen molar-refractivity contribution >= 4 is 21.6 Å². The molecule has 0 atom stereocenters. The molecule has 0 aliphatic heterocycles. The Morgan fingerprint density at radius 3 is 2.48 bits per heavy atom. The lowest BCUT2D eigenvalue weighted by molar-refractivity contribution is 0.252. The highest BCUT2D eigenvalue weighted by Crippen LogP contribution is 2.15. The maximum absolute atomic E-state index is 11.8. The highest BCUT2D eigenvalue weighted by atomic mass is 32.2. The Morgan fingerprint density at radius 1 is 1.04 bits per heavy atom. The minimum absolute atomic E-state index is 0.180. The third-order valence-electron chi connectivity index (χ3n) is 3.29. The molecule has 2 N–H and O–H groups in total. The van der Waals surface area contributed by atoms with Gasteiger partial charge >= 0.3 is 6.03 Å². The molecule has 0 bridgehead atoms. The molecule has 122 valence electrons. The maximum Gasteiger partial charge on any atom is 0.319 e. The summed E-state index contributed by atoms with van der Waals surface area (Å²) < 4.78 is 23.0. The van der Waals surface area contributed by atoms with Gasteiger partial charge in [0.15, 0.2) is 9.84 Å². The minimum Gasteiger partial charge on any atom is -0.338 e. The van der Waals surface area contributed by atoms with E-state index in [0.29, 0.717) is 12.2 Å². The standard InChI is InChI=1S/C17H20N2O3S/c1-23(21,22)16-11-5-10-15(13-16)19-17(20)18-12-6-9-14-7-3-2-4-8-14/h2-5,7-8,10-11,13H,6,9,12H2,1H3,(H2,18,19,20). The summed E-state index contributed by atoms with van der Waals surface area (Å²) in [7, 11) is -3.28. The van der Waals surface area contributed by atoms with E-state index in [-0.39, 0.29) is 10.9 Å². The number of carbonyl (C=O) groups is 1. The number of carbonyl (C=O) groups excluding carboxylic acids is 1. The highest BCUT2D eigenvalue weighted by Gasteiger charge is 2.08. The van der Waals surface area contributed by atoms with Gasteiger partial charge in [0.2, 0.25) is 0 Å². The molecular weight excluding hydrogens is 312 g/mol. The van der Waals surface area contributed by atoms with E-state index in [0.717, 1.165) is 19.1 Å². The summed E-state index contributed by atoms with van der Waals surface area (Å²) in [5.41, 5.74) is 1.68. The average molecular weight is 332 g/mol. The Labute approximate surface area is 136 Å². The van der Waals surface area contributed by atoms with Crippen molar-refractivity contribution < 1.29 is 13.2 Å². The lowest BCUT2D eigenvalue weighted by atomic mass is 10.1. The van der Waals surface area contributed by atoms with Crippen LogP contribution in [-0.2, 0) is 16.3 Å². The Morgan fingerprint density at radius 2 is 1.78 bits per heavy atom. The van der Waals surface area contributed by atoms with Crippen LogP contribution in [0.4, 0.5) is 10.5 Å². The topological polar surface area (TPSA) is 75.3 Å². The first-order chi connectivity index (χ1) is 10.9. The van der Waals surface area contributed by atoms with Crippen LogP contribution in [0.3, 0.4) is 0 Å². The molecule has 0 spiro atoms. The molecule has 0 aliphatic carbocycles. The Balaban J connectivity index is 1.79. The van der Waals surface area contributed by atoms with Crippen molar-refractivity contribution in [2.75, 3.05) is 18.1 Å². The number of aryl methyl sites for hydroxylation is 1. The predicted molar refractivity (Wildman–Crippen MR) is 91.3 cm³/mol. The Bertz CT molecular complexity index is 758. The molecule has 0 saturated carbocycles. The van der Waals surface area contributed by atoms with Gasteiger partial charge in [-0.2, -0.15) is 0 Å². The van der Waals surface area contributed by atoms with Crippen LogP contribution in [0.2, 0.25) is 0 Å². The van der Waals surface area contributed by atoms with Crippen LogP contribution in [0, 0.1) is 0 Å². The van der Waals surface area contributed by atoms with Gasteiger partial charge in [-0.1, -0.05) is 36.4 Å². The lowest BCUT2D eigenvalue weighted by Crippen LogP contribution is -2.29. The molecule has 6 heteroatoms. The molecule has 0 unspecified atom stereocenters. The van der Waals surface area contributed by atoms with Gasteiger partial charge < -0.3 is 10.6 Å². The second kappa shape index (κ2) is 7.78. The van der Waals surface area contributed by atoms with Crippen LogP contribution in [-0.4, -0.2) is 27.2 Å². The molecule has 5 nitrogen and oxygen atoms in total. The molecule has 0 radical (unpaired) electrons. The summed E-state index contributed by atoms with van der Waals surface area (Å²) in [4.78, 5) is 12.0. The molecule has 2 aromatic rings. The van der Waals surface area contributed by atoms with Crippen molar-refractivity contribution in [2.45, 2.75) is 17.7 Å². The average Bonchev–Trinajstić information content (AvgIpc) is 2.52. The van der Waals surface area contributed by atoms with Crippen molar-refractivity contribution in [3.8, 4) is 0 Å². The molecule has 23 heavy (non-hydrogen) atoms. The molecule has 2 rings (SSSR count). The van der Waals surface area contributed by atoms with Gasteiger partial charge in [0.1, 0.15) is 0 Å². The largest absolute Gasteiger partial charge is 0.338 e. The number of nitrogens with one attached hydrogen (secondary N) is 2. The summed E-state index contributed by atoms with van der Waals surface area (Å²) in [5, 5.41) is 5.40. The summed E-state index contributed by atoms with van der Waals surface area (Å²) in [5.74, 6) is 0. The second-order valence-corrected chi connectivity index (χ2v) is 7.29. The van der Waals surface area contributed by atoms with Gasteiger partial charge in [0.25, 0.3) is 0 Å². The predicted octanol–water partition coefficient (Wildman–Crippen LogP) is 2.84. The van der Waals surface area contributed by atoms with E-state index < -0.39 is 9.84 Å². The van der Waals surface area contributed by atoms with E-state index in [1.807, 2.05) is 18.2 Å². The zero-order valence-electron chi connectivity index (χ0n) is 13.0. The number of anilines is 1. The van der Waals surface area contributed by atoms with Gasteiger partial charge in [-0.15, -0.1) is 0 Å². The Kier molecular flexibility index (Phi) is 5.76. The fourth-order valence-electron chi connectivity index (χ4n) is 2.12.